The fourth-order valence-electron chi connectivity index (χ4n) is 3.34. The maximum Gasteiger partial charge on any atom is 0 e. The number of aryl methyl sites for hydroxylation is 4. The van der Waals surface area contributed by atoms with Gasteiger partial charge in [-0.3, -0.25) is 0 Å². The Hall–Kier alpha value is -2.27. The van der Waals surface area contributed by atoms with Gasteiger partial charge in [-0.2, -0.15) is 19.6 Å². The van der Waals surface area contributed by atoms with Crippen LogP contribution in [0.25, 0.3) is 19.6 Å². The summed E-state index contributed by atoms with van der Waals surface area (Å²) in [6, 6.07) is 32.6. The molecule has 0 amide bonds. The molecule has 0 heterocycles. The molecule has 0 aliphatic carbocycles. The zero-order valence-electron chi connectivity index (χ0n) is 21.2. The summed E-state index contributed by atoms with van der Waals surface area (Å²) >= 11 is 21.8. The van der Waals surface area contributed by atoms with E-state index in [1.165, 1.54) is 22.3 Å². The van der Waals surface area contributed by atoms with Crippen LogP contribution in [0, 0.1) is 27.7 Å². The summed E-state index contributed by atoms with van der Waals surface area (Å²) in [5, 5.41) is 0. The van der Waals surface area contributed by atoms with Gasteiger partial charge in [-0.1, -0.05) is 119 Å². The fraction of sp³-hybridized carbons (Fsp3) is 0.125. The molecule has 0 N–H and O–H groups in total. The minimum absolute atomic E-state index is 0. The molecule has 4 rings (SSSR count). The molecule has 0 atom stereocenters. The van der Waals surface area contributed by atoms with Crippen LogP contribution < -0.4 is 0 Å². The van der Waals surface area contributed by atoms with Gasteiger partial charge in [0.05, 0.1) is 0 Å². The predicted molar refractivity (Wildman–Crippen MR) is 168 cm³/mol. The SMILES string of the molecule is Cc1ccc(/C([S-])=C(/[S-])c2ccc(C)cc2)cc1.Cc1ccc(/C([S-])=C(/[S-])c2ccc(C)cc2)cc1.[Ni]. The Bertz CT molecular complexity index is 1130. The Labute approximate surface area is 254 Å². The third kappa shape index (κ3) is 8.91. The Kier molecular flexibility index (Phi) is 12.2. The van der Waals surface area contributed by atoms with E-state index in [1.54, 1.807) is 0 Å². The number of hydrogen-bond donors (Lipinski definition) is 0. The van der Waals surface area contributed by atoms with Crippen molar-refractivity contribution in [2.24, 2.45) is 0 Å². The molecule has 0 unspecified atom stereocenters. The van der Waals surface area contributed by atoms with Crippen molar-refractivity contribution in [2.45, 2.75) is 27.7 Å². The summed E-state index contributed by atoms with van der Waals surface area (Å²) in [4.78, 5) is 2.98. The molecule has 0 spiro atoms. The van der Waals surface area contributed by atoms with Crippen molar-refractivity contribution in [2.75, 3.05) is 0 Å². The molecule has 0 nitrogen and oxygen atoms in total. The van der Waals surface area contributed by atoms with Crippen LogP contribution >= 0.6 is 0 Å². The van der Waals surface area contributed by atoms with Crippen molar-refractivity contribution in [3.8, 4) is 0 Å². The second-order valence-electron chi connectivity index (χ2n) is 8.78. The molecule has 0 saturated heterocycles. The second kappa shape index (κ2) is 14.6. The summed E-state index contributed by atoms with van der Waals surface area (Å²) < 4.78 is 0. The predicted octanol–water partition coefficient (Wildman–Crippen LogP) is 8.44. The molecule has 0 radical (unpaired) electrons. The Balaban J connectivity index is 0.000000253. The van der Waals surface area contributed by atoms with Gasteiger partial charge in [-0.25, -0.2) is 0 Å². The van der Waals surface area contributed by atoms with Crippen LogP contribution in [-0.4, -0.2) is 0 Å². The van der Waals surface area contributed by atoms with Crippen molar-refractivity contribution in [3.63, 3.8) is 0 Å². The van der Waals surface area contributed by atoms with E-state index in [4.69, 9.17) is 50.5 Å². The topological polar surface area (TPSA) is 0 Å². The van der Waals surface area contributed by atoms with E-state index in [0.717, 1.165) is 41.9 Å². The third-order valence-electron chi connectivity index (χ3n) is 5.67. The van der Waals surface area contributed by atoms with Crippen LogP contribution in [0.2, 0.25) is 0 Å². The van der Waals surface area contributed by atoms with Gasteiger partial charge in [0, 0.05) is 16.5 Å². The van der Waals surface area contributed by atoms with Crippen molar-refractivity contribution >= 4 is 70.1 Å². The summed E-state index contributed by atoms with van der Waals surface area (Å²) in [5.41, 5.74) is 8.96. The van der Waals surface area contributed by atoms with Gasteiger partial charge in [0.1, 0.15) is 0 Å². The summed E-state index contributed by atoms with van der Waals surface area (Å²) in [7, 11) is 0. The van der Waals surface area contributed by atoms with E-state index in [1.807, 2.05) is 48.5 Å². The Morgan fingerprint density at radius 2 is 0.459 bits per heavy atom. The monoisotopic (exact) mass is 598 g/mol. The molecule has 194 valence electrons. The van der Waals surface area contributed by atoms with Crippen LogP contribution in [0.5, 0.6) is 0 Å². The van der Waals surface area contributed by atoms with Crippen LogP contribution in [0.15, 0.2) is 97.1 Å². The van der Waals surface area contributed by atoms with E-state index in [2.05, 4.69) is 76.2 Å². The molecule has 0 fully saturated rings. The number of hydrogen-bond acceptors (Lipinski definition) is 4. The first kappa shape index (κ1) is 31.0. The molecule has 4 aromatic carbocycles. The van der Waals surface area contributed by atoms with E-state index < -0.39 is 0 Å². The summed E-state index contributed by atoms with van der Waals surface area (Å²) in [6.07, 6.45) is 0. The van der Waals surface area contributed by atoms with Gasteiger partial charge in [0.25, 0.3) is 0 Å². The van der Waals surface area contributed by atoms with Crippen LogP contribution in [0.1, 0.15) is 44.5 Å². The van der Waals surface area contributed by atoms with E-state index in [9.17, 15) is 0 Å². The molecular weight excluding hydrogens is 571 g/mol. The average molecular weight is 600 g/mol. The quantitative estimate of drug-likeness (QED) is 0.131. The molecule has 37 heavy (non-hydrogen) atoms. The van der Waals surface area contributed by atoms with Crippen molar-refractivity contribution < 1.29 is 16.5 Å². The van der Waals surface area contributed by atoms with Crippen molar-refractivity contribution in [1.82, 2.24) is 0 Å². The largest absolute Gasteiger partial charge is 0.781 e. The maximum absolute atomic E-state index is 5.46. The molecule has 0 aliphatic rings. The van der Waals surface area contributed by atoms with Crippen molar-refractivity contribution in [3.05, 3.63) is 142 Å². The first-order valence-electron chi connectivity index (χ1n) is 11.6. The van der Waals surface area contributed by atoms with Crippen LogP contribution in [-0.2, 0) is 67.0 Å². The summed E-state index contributed by atoms with van der Waals surface area (Å²) in [6.45, 7) is 8.24. The van der Waals surface area contributed by atoms with Crippen LogP contribution in [0.3, 0.4) is 0 Å². The van der Waals surface area contributed by atoms with E-state index >= 15 is 0 Å². The minimum atomic E-state index is 0. The standard InChI is InChI=1S/2C16H16S2.Ni/c2*1-11-3-7-13(8-4-11)15(17)16(18)14-9-5-12(2)6-10-14;/h2*3-10,17-18H,1-2H3;/p-4/b2*16-15-;. The van der Waals surface area contributed by atoms with Gasteiger partial charge in [-0.15, -0.1) is 0 Å². The molecule has 0 bridgehead atoms. The molecule has 0 aromatic heterocycles. The third-order valence-corrected chi connectivity index (χ3v) is 7.69. The zero-order chi connectivity index (χ0) is 26.2. The molecule has 4 aromatic rings. The molecule has 5 heteroatoms. The van der Waals surface area contributed by atoms with Crippen LogP contribution in [0.4, 0.5) is 0 Å². The zero-order valence-corrected chi connectivity index (χ0v) is 25.4. The summed E-state index contributed by atoms with van der Waals surface area (Å²) in [5.74, 6) is 0. The Morgan fingerprint density at radius 3 is 0.595 bits per heavy atom. The van der Waals surface area contributed by atoms with E-state index in [0.29, 0.717) is 0 Å². The number of rotatable bonds is 4. The van der Waals surface area contributed by atoms with Gasteiger partial charge < -0.3 is 50.5 Å². The smallest absolute Gasteiger partial charge is 0 e. The second-order valence-corrected chi connectivity index (χ2v) is 10.4. The van der Waals surface area contributed by atoms with Gasteiger partial charge in [0.2, 0.25) is 0 Å². The van der Waals surface area contributed by atoms with Gasteiger partial charge in [-0.05, 0) is 49.9 Å². The first-order valence-corrected chi connectivity index (χ1v) is 13.2. The maximum atomic E-state index is 5.46. The van der Waals surface area contributed by atoms with Gasteiger partial charge in [0.15, 0.2) is 0 Å². The van der Waals surface area contributed by atoms with Gasteiger partial charge >= 0.3 is 0 Å². The normalized spacial score (nSPS) is 11.8. The average Bonchev–Trinajstić information content (AvgIpc) is 2.89. The van der Waals surface area contributed by atoms with E-state index in [-0.39, 0.29) is 16.5 Å². The minimum Gasteiger partial charge on any atom is -0.781 e. The molecule has 0 aliphatic heterocycles. The number of benzene rings is 4. The molecule has 0 saturated carbocycles. The fourth-order valence-corrected chi connectivity index (χ4v) is 4.36. The Morgan fingerprint density at radius 1 is 0.324 bits per heavy atom. The van der Waals surface area contributed by atoms with Crippen molar-refractivity contribution in [1.29, 1.82) is 0 Å². The first-order chi connectivity index (χ1) is 17.2. The molecular formula is C32H28NiS4-4.